The van der Waals surface area contributed by atoms with Crippen LogP contribution in [0.4, 0.5) is 0 Å². The maximum atomic E-state index is 12.7. The Morgan fingerprint density at radius 2 is 1.60 bits per heavy atom. The zero-order chi connectivity index (χ0) is 21.2. The van der Waals surface area contributed by atoms with E-state index in [1.807, 2.05) is 42.5 Å². The van der Waals surface area contributed by atoms with Crippen molar-refractivity contribution in [2.24, 2.45) is 11.8 Å². The number of benzene rings is 2. The number of nitrogens with one attached hydrogen (secondary N) is 1. The number of carbonyl (C=O) groups excluding carboxylic acids is 2. The number of ketones is 2. The van der Waals surface area contributed by atoms with E-state index < -0.39 is 12.5 Å². The minimum absolute atomic E-state index is 0.0907. The summed E-state index contributed by atoms with van der Waals surface area (Å²) in [5.41, 5.74) is 2.33. The number of hydrogen-bond donors (Lipinski definition) is 2. The highest BCUT2D eigenvalue weighted by Gasteiger charge is 2.22. The van der Waals surface area contributed by atoms with Crippen LogP contribution in [0.1, 0.15) is 53.6 Å². The largest absolute Gasteiger partial charge is 0.389 e. The third kappa shape index (κ3) is 6.66. The third-order valence-corrected chi connectivity index (χ3v) is 5.67. The first kappa shape index (κ1) is 22.0. The number of hydrogen-bond acceptors (Lipinski definition) is 4. The predicted octanol–water partition coefficient (Wildman–Crippen LogP) is 3.62. The topological polar surface area (TPSA) is 66.4 Å². The van der Waals surface area contributed by atoms with Crippen molar-refractivity contribution in [2.75, 3.05) is 19.7 Å². The smallest absolute Gasteiger partial charge is 0.163 e. The molecule has 3 rings (SSSR count). The molecule has 1 aliphatic carbocycles. The summed E-state index contributed by atoms with van der Waals surface area (Å²) >= 11 is 0. The molecule has 0 saturated heterocycles. The van der Waals surface area contributed by atoms with Gasteiger partial charge in [0.25, 0.3) is 0 Å². The molecule has 1 atom stereocenters. The van der Waals surface area contributed by atoms with Crippen LogP contribution in [-0.2, 0) is 4.79 Å². The number of carbonyl (C=O) groups is 2. The van der Waals surface area contributed by atoms with Crippen LogP contribution in [0.25, 0.3) is 0 Å². The van der Waals surface area contributed by atoms with E-state index in [2.05, 4.69) is 17.2 Å². The summed E-state index contributed by atoms with van der Waals surface area (Å²) < 4.78 is 0. The fourth-order valence-corrected chi connectivity index (χ4v) is 3.85. The van der Waals surface area contributed by atoms with Gasteiger partial charge in [0, 0.05) is 35.6 Å². The molecule has 0 heterocycles. The Hall–Kier alpha value is -2.74. The van der Waals surface area contributed by atoms with Crippen molar-refractivity contribution in [3.8, 4) is 11.8 Å². The van der Waals surface area contributed by atoms with Crippen LogP contribution in [-0.4, -0.2) is 36.4 Å². The summed E-state index contributed by atoms with van der Waals surface area (Å²) in [6.07, 6.45) is 5.10. The SMILES string of the molecule is O=C(C[C@@H](CNCC1CCCC1)C(=O)CO)c1ccc(C#Cc2ccccc2)cc1. The lowest BCUT2D eigenvalue weighted by Gasteiger charge is -2.17. The maximum absolute atomic E-state index is 12.7. The van der Waals surface area contributed by atoms with E-state index in [1.54, 1.807) is 12.1 Å². The number of rotatable bonds is 9. The fourth-order valence-electron chi connectivity index (χ4n) is 3.85. The Morgan fingerprint density at radius 3 is 2.23 bits per heavy atom. The molecule has 4 nitrogen and oxygen atoms in total. The standard InChI is InChI=1S/C26H29NO3/c28-19-26(30)24(18-27-17-22-8-4-5-9-22)16-25(29)23-14-12-21(13-15-23)11-10-20-6-2-1-3-7-20/h1-3,6-7,12-15,22,24,27-28H,4-5,8-9,16-19H2/t24-/m0/s1. The molecule has 0 unspecified atom stereocenters. The van der Waals surface area contributed by atoms with Gasteiger partial charge in [-0.25, -0.2) is 0 Å². The van der Waals surface area contributed by atoms with Gasteiger partial charge in [-0.3, -0.25) is 9.59 Å². The molecule has 1 fully saturated rings. The van der Waals surface area contributed by atoms with Crippen molar-refractivity contribution in [3.05, 3.63) is 71.3 Å². The monoisotopic (exact) mass is 403 g/mol. The van der Waals surface area contributed by atoms with Crippen LogP contribution < -0.4 is 5.32 Å². The Labute approximate surface area is 178 Å². The number of aliphatic hydroxyl groups excluding tert-OH is 1. The summed E-state index contributed by atoms with van der Waals surface area (Å²) in [6.45, 7) is 0.775. The van der Waals surface area contributed by atoms with Crippen molar-refractivity contribution in [1.82, 2.24) is 5.32 Å². The maximum Gasteiger partial charge on any atom is 0.163 e. The van der Waals surface area contributed by atoms with Crippen LogP contribution in [0.15, 0.2) is 54.6 Å². The molecule has 30 heavy (non-hydrogen) atoms. The zero-order valence-electron chi connectivity index (χ0n) is 17.3. The molecule has 2 N–H and O–H groups in total. The van der Waals surface area contributed by atoms with Crippen LogP contribution >= 0.6 is 0 Å². The average molecular weight is 404 g/mol. The second kappa shape index (κ2) is 11.4. The zero-order valence-corrected chi connectivity index (χ0v) is 17.3. The van der Waals surface area contributed by atoms with E-state index >= 15 is 0 Å². The lowest BCUT2D eigenvalue weighted by atomic mass is 9.94. The lowest BCUT2D eigenvalue weighted by Crippen LogP contribution is -2.34. The number of aliphatic hydroxyl groups is 1. The summed E-state index contributed by atoms with van der Waals surface area (Å²) in [7, 11) is 0. The van der Waals surface area contributed by atoms with Gasteiger partial charge in [-0.2, -0.15) is 0 Å². The van der Waals surface area contributed by atoms with Gasteiger partial charge in [0.1, 0.15) is 6.61 Å². The van der Waals surface area contributed by atoms with Crippen LogP contribution in [0, 0.1) is 23.7 Å². The predicted molar refractivity (Wildman–Crippen MR) is 118 cm³/mol. The van der Waals surface area contributed by atoms with Gasteiger partial charge in [0.2, 0.25) is 0 Å². The molecule has 0 amide bonds. The second-order valence-electron chi connectivity index (χ2n) is 7.95. The molecular weight excluding hydrogens is 374 g/mol. The van der Waals surface area contributed by atoms with E-state index in [-0.39, 0.29) is 18.0 Å². The fraction of sp³-hybridized carbons (Fsp3) is 0.385. The lowest BCUT2D eigenvalue weighted by molar-refractivity contribution is -0.125. The first-order valence-electron chi connectivity index (χ1n) is 10.7. The molecule has 4 heteroatoms. The van der Waals surface area contributed by atoms with E-state index in [0.29, 0.717) is 18.0 Å². The summed E-state index contributed by atoms with van der Waals surface area (Å²) in [5.74, 6) is 5.97. The Bertz CT molecular complexity index is 887. The van der Waals surface area contributed by atoms with Crippen molar-refractivity contribution >= 4 is 11.6 Å². The van der Waals surface area contributed by atoms with E-state index in [9.17, 15) is 14.7 Å². The molecule has 0 aliphatic heterocycles. The first-order chi connectivity index (χ1) is 14.7. The van der Waals surface area contributed by atoms with Crippen LogP contribution in [0.5, 0.6) is 0 Å². The highest BCUT2D eigenvalue weighted by Crippen LogP contribution is 2.23. The third-order valence-electron chi connectivity index (χ3n) is 5.67. The number of Topliss-reactive ketones (excluding diaryl/α,β-unsaturated/α-hetero) is 2. The van der Waals surface area contributed by atoms with E-state index in [0.717, 1.165) is 17.7 Å². The Morgan fingerprint density at radius 1 is 0.967 bits per heavy atom. The van der Waals surface area contributed by atoms with E-state index in [4.69, 9.17) is 0 Å². The molecule has 0 radical (unpaired) electrons. The average Bonchev–Trinajstić information content (AvgIpc) is 3.31. The quantitative estimate of drug-likeness (QED) is 0.496. The van der Waals surface area contributed by atoms with Crippen molar-refractivity contribution in [1.29, 1.82) is 0 Å². The molecule has 0 spiro atoms. The summed E-state index contributed by atoms with van der Waals surface area (Å²) in [5, 5.41) is 12.6. The molecule has 1 saturated carbocycles. The van der Waals surface area contributed by atoms with Crippen molar-refractivity contribution < 1.29 is 14.7 Å². The highest BCUT2D eigenvalue weighted by molar-refractivity contribution is 5.99. The minimum atomic E-state index is -0.531. The molecule has 0 aromatic heterocycles. The summed E-state index contributed by atoms with van der Waals surface area (Å²) in [4.78, 5) is 24.8. The molecule has 156 valence electrons. The van der Waals surface area contributed by atoms with Gasteiger partial charge in [-0.1, -0.05) is 55.0 Å². The minimum Gasteiger partial charge on any atom is -0.389 e. The summed E-state index contributed by atoms with van der Waals surface area (Å²) in [6, 6.07) is 16.9. The molecule has 1 aliphatic rings. The first-order valence-corrected chi connectivity index (χ1v) is 10.7. The Kier molecular flexibility index (Phi) is 8.38. The highest BCUT2D eigenvalue weighted by atomic mass is 16.3. The van der Waals surface area contributed by atoms with Gasteiger partial charge in [0.05, 0.1) is 0 Å². The van der Waals surface area contributed by atoms with Gasteiger partial charge >= 0.3 is 0 Å². The van der Waals surface area contributed by atoms with Crippen LogP contribution in [0.2, 0.25) is 0 Å². The van der Waals surface area contributed by atoms with Gasteiger partial charge in [0.15, 0.2) is 11.6 Å². The molecule has 2 aromatic carbocycles. The molecular formula is C26H29NO3. The van der Waals surface area contributed by atoms with E-state index in [1.165, 1.54) is 25.7 Å². The normalized spacial score (nSPS) is 14.7. The molecule has 0 bridgehead atoms. The van der Waals surface area contributed by atoms with Crippen LogP contribution in [0.3, 0.4) is 0 Å². The Balaban J connectivity index is 1.56. The van der Waals surface area contributed by atoms with Gasteiger partial charge in [-0.05, 0) is 49.6 Å². The van der Waals surface area contributed by atoms with Gasteiger partial charge < -0.3 is 10.4 Å². The molecule has 2 aromatic rings. The van der Waals surface area contributed by atoms with Gasteiger partial charge in [-0.15, -0.1) is 0 Å². The van der Waals surface area contributed by atoms with Crippen molar-refractivity contribution in [2.45, 2.75) is 32.1 Å². The second-order valence-corrected chi connectivity index (χ2v) is 7.95. The van der Waals surface area contributed by atoms with Crippen molar-refractivity contribution in [3.63, 3.8) is 0 Å².